The minimum atomic E-state index is -0.619. The molecule has 20 heavy (non-hydrogen) atoms. The van der Waals surface area contributed by atoms with E-state index in [2.05, 4.69) is 29.6 Å². The van der Waals surface area contributed by atoms with Crippen molar-refractivity contribution >= 4 is 11.8 Å². The van der Waals surface area contributed by atoms with Gasteiger partial charge in [-0.15, -0.1) is 0 Å². The minimum Gasteiger partial charge on any atom is -0.390 e. The van der Waals surface area contributed by atoms with Gasteiger partial charge in [0.1, 0.15) is 0 Å². The van der Waals surface area contributed by atoms with Gasteiger partial charge in [0.2, 0.25) is 0 Å². The van der Waals surface area contributed by atoms with Gasteiger partial charge in [0.15, 0.2) is 0 Å². The Morgan fingerprint density at radius 1 is 1.20 bits per heavy atom. The fourth-order valence-corrected chi connectivity index (χ4v) is 3.68. The summed E-state index contributed by atoms with van der Waals surface area (Å²) in [4.78, 5) is 0. The molecule has 1 saturated heterocycles. The van der Waals surface area contributed by atoms with E-state index in [1.807, 2.05) is 24.8 Å². The van der Waals surface area contributed by atoms with Crippen LogP contribution in [0.15, 0.2) is 30.3 Å². The zero-order valence-electron chi connectivity index (χ0n) is 12.0. The van der Waals surface area contributed by atoms with E-state index in [4.69, 9.17) is 0 Å². The maximum atomic E-state index is 9.87. The van der Waals surface area contributed by atoms with Crippen molar-refractivity contribution in [2.45, 2.75) is 38.0 Å². The van der Waals surface area contributed by atoms with Gasteiger partial charge in [0, 0.05) is 12.6 Å². The summed E-state index contributed by atoms with van der Waals surface area (Å²) >= 11 is 1.96. The van der Waals surface area contributed by atoms with E-state index in [0.29, 0.717) is 12.6 Å². The fraction of sp³-hybridized carbons (Fsp3) is 0.625. The van der Waals surface area contributed by atoms with E-state index in [1.54, 1.807) is 0 Å². The van der Waals surface area contributed by atoms with E-state index < -0.39 is 12.2 Å². The highest BCUT2D eigenvalue weighted by molar-refractivity contribution is 7.99. The Morgan fingerprint density at radius 2 is 1.95 bits per heavy atom. The van der Waals surface area contributed by atoms with Crippen LogP contribution >= 0.6 is 11.8 Å². The summed E-state index contributed by atoms with van der Waals surface area (Å²) in [5.41, 5.74) is 1.39. The quantitative estimate of drug-likeness (QED) is 0.699. The molecule has 1 aliphatic rings. The number of nitrogens with one attached hydrogen (secondary N) is 1. The van der Waals surface area contributed by atoms with Gasteiger partial charge in [-0.2, -0.15) is 11.8 Å². The predicted molar refractivity (Wildman–Crippen MR) is 85.1 cm³/mol. The first-order chi connectivity index (χ1) is 9.68. The third-order valence-electron chi connectivity index (χ3n) is 4.11. The van der Waals surface area contributed by atoms with E-state index in [0.717, 1.165) is 24.3 Å². The monoisotopic (exact) mass is 295 g/mol. The van der Waals surface area contributed by atoms with Crippen LogP contribution in [0.1, 0.15) is 18.9 Å². The molecule has 2 rings (SSSR count). The van der Waals surface area contributed by atoms with Crippen molar-refractivity contribution in [2.24, 2.45) is 5.92 Å². The van der Waals surface area contributed by atoms with Crippen molar-refractivity contribution in [3.8, 4) is 0 Å². The SMILES string of the molecule is C[C@@H]1[C@@H](O)[C@H](O)CN[C@@H]1CCSCCc1ccccc1. The standard InChI is InChI=1S/C16H25NO2S/c1-12-14(17-11-15(18)16(12)19)8-10-20-9-7-13-5-3-2-4-6-13/h2-6,12,14-19H,7-11H2,1H3/t12-,14+,15+,16+/m0/s1. The summed E-state index contributed by atoms with van der Waals surface area (Å²) in [6.07, 6.45) is 0.952. The normalized spacial score (nSPS) is 30.4. The van der Waals surface area contributed by atoms with Crippen LogP contribution in [-0.2, 0) is 6.42 Å². The smallest absolute Gasteiger partial charge is 0.0926 e. The molecule has 0 spiro atoms. The molecule has 3 N–H and O–H groups in total. The Kier molecular flexibility index (Phi) is 6.36. The summed E-state index contributed by atoms with van der Waals surface area (Å²) in [5, 5.41) is 22.8. The number of rotatable bonds is 6. The number of β-amino-alcohol motifs (C(OH)–C–C–N with tert-alkyl or cyclic N) is 1. The predicted octanol–water partition coefficient (Wildman–Crippen LogP) is 1.68. The summed E-state index contributed by atoms with van der Waals surface area (Å²) in [6.45, 7) is 2.52. The minimum absolute atomic E-state index is 0.119. The molecule has 0 bridgehead atoms. The molecule has 4 atom stereocenters. The Bertz CT molecular complexity index is 387. The number of aryl methyl sites for hydroxylation is 1. The average Bonchev–Trinajstić information content (AvgIpc) is 2.48. The van der Waals surface area contributed by atoms with E-state index in [9.17, 15) is 10.2 Å². The fourth-order valence-electron chi connectivity index (χ4n) is 2.68. The lowest BCUT2D eigenvalue weighted by Gasteiger charge is -2.37. The molecule has 1 aromatic rings. The second-order valence-electron chi connectivity index (χ2n) is 5.57. The van der Waals surface area contributed by atoms with E-state index in [-0.39, 0.29) is 5.92 Å². The number of piperidine rings is 1. The van der Waals surface area contributed by atoms with Crippen LogP contribution in [0.2, 0.25) is 0 Å². The lowest BCUT2D eigenvalue weighted by atomic mass is 9.87. The highest BCUT2D eigenvalue weighted by Gasteiger charge is 2.33. The van der Waals surface area contributed by atoms with Crippen LogP contribution in [0.4, 0.5) is 0 Å². The van der Waals surface area contributed by atoms with Crippen LogP contribution in [0.3, 0.4) is 0 Å². The van der Waals surface area contributed by atoms with Crippen molar-refractivity contribution in [1.82, 2.24) is 5.32 Å². The van der Waals surface area contributed by atoms with Gasteiger partial charge in [-0.05, 0) is 35.8 Å². The molecule has 1 heterocycles. The van der Waals surface area contributed by atoms with Gasteiger partial charge < -0.3 is 15.5 Å². The maximum absolute atomic E-state index is 9.87. The summed E-state index contributed by atoms with van der Waals surface area (Å²) in [7, 11) is 0. The van der Waals surface area contributed by atoms with Crippen LogP contribution < -0.4 is 5.32 Å². The van der Waals surface area contributed by atoms with Crippen LogP contribution in [0, 0.1) is 5.92 Å². The van der Waals surface area contributed by atoms with Crippen molar-refractivity contribution in [2.75, 3.05) is 18.1 Å². The zero-order valence-corrected chi connectivity index (χ0v) is 12.9. The molecule has 1 fully saturated rings. The molecule has 0 unspecified atom stereocenters. The second kappa shape index (κ2) is 8.03. The summed E-state index contributed by atoms with van der Waals surface area (Å²) in [5.74, 6) is 2.35. The largest absolute Gasteiger partial charge is 0.390 e. The Morgan fingerprint density at radius 3 is 2.70 bits per heavy atom. The maximum Gasteiger partial charge on any atom is 0.0926 e. The number of benzene rings is 1. The lowest BCUT2D eigenvalue weighted by Crippen LogP contribution is -2.55. The summed E-state index contributed by atoms with van der Waals surface area (Å²) < 4.78 is 0. The molecular formula is C16H25NO2S. The van der Waals surface area contributed by atoms with Crippen molar-refractivity contribution in [3.63, 3.8) is 0 Å². The number of hydrogen-bond acceptors (Lipinski definition) is 4. The van der Waals surface area contributed by atoms with E-state index in [1.165, 1.54) is 5.56 Å². The highest BCUT2D eigenvalue weighted by atomic mass is 32.2. The van der Waals surface area contributed by atoms with Gasteiger partial charge >= 0.3 is 0 Å². The molecule has 0 aromatic heterocycles. The summed E-state index contributed by atoms with van der Waals surface area (Å²) in [6, 6.07) is 10.9. The molecule has 0 aliphatic carbocycles. The van der Waals surface area contributed by atoms with Gasteiger partial charge in [-0.25, -0.2) is 0 Å². The number of thioether (sulfide) groups is 1. The Labute approximate surface area is 125 Å². The Hall–Kier alpha value is -0.550. The van der Waals surface area contributed by atoms with Crippen LogP contribution in [0.5, 0.6) is 0 Å². The topological polar surface area (TPSA) is 52.5 Å². The van der Waals surface area contributed by atoms with Gasteiger partial charge in [0.25, 0.3) is 0 Å². The molecule has 1 aliphatic heterocycles. The van der Waals surface area contributed by atoms with Crippen molar-refractivity contribution in [3.05, 3.63) is 35.9 Å². The highest BCUT2D eigenvalue weighted by Crippen LogP contribution is 2.21. The first-order valence-corrected chi connectivity index (χ1v) is 8.55. The molecule has 4 heteroatoms. The molecule has 0 radical (unpaired) electrons. The Balaban J connectivity index is 1.61. The molecule has 1 aromatic carbocycles. The molecule has 0 saturated carbocycles. The van der Waals surface area contributed by atoms with Gasteiger partial charge in [-0.3, -0.25) is 0 Å². The first-order valence-electron chi connectivity index (χ1n) is 7.39. The number of aliphatic hydroxyl groups excluding tert-OH is 2. The molecule has 3 nitrogen and oxygen atoms in total. The number of hydrogen-bond donors (Lipinski definition) is 3. The van der Waals surface area contributed by atoms with Crippen molar-refractivity contribution < 1.29 is 10.2 Å². The molecule has 112 valence electrons. The van der Waals surface area contributed by atoms with Crippen molar-refractivity contribution in [1.29, 1.82) is 0 Å². The molecular weight excluding hydrogens is 270 g/mol. The van der Waals surface area contributed by atoms with Crippen LogP contribution in [0.25, 0.3) is 0 Å². The zero-order chi connectivity index (χ0) is 14.4. The third-order valence-corrected chi connectivity index (χ3v) is 5.13. The molecule has 0 amide bonds. The first kappa shape index (κ1) is 15.8. The van der Waals surface area contributed by atoms with Gasteiger partial charge in [-0.1, -0.05) is 37.3 Å². The second-order valence-corrected chi connectivity index (χ2v) is 6.79. The van der Waals surface area contributed by atoms with Gasteiger partial charge in [0.05, 0.1) is 12.2 Å². The lowest BCUT2D eigenvalue weighted by molar-refractivity contribution is -0.0461. The van der Waals surface area contributed by atoms with Crippen LogP contribution in [-0.4, -0.2) is 46.5 Å². The van der Waals surface area contributed by atoms with E-state index >= 15 is 0 Å². The average molecular weight is 295 g/mol. The number of aliphatic hydroxyl groups is 2. The third kappa shape index (κ3) is 4.48.